The standard InChI is InChI=1S/C15H28N2O.ClH/c1-11-6-8-15(2,9-7-11)17-14(18)13-5-3-4-12(13)10-16;/h11-13H,3-10,16H2,1-2H3,(H,17,18);1H/t11?,12-,13-,15?;/m1./s1. The third-order valence-electron chi connectivity index (χ3n) is 5.10. The number of nitrogens with two attached hydrogens (primary N) is 1. The molecule has 112 valence electrons. The minimum atomic E-state index is 0. The highest BCUT2D eigenvalue weighted by Crippen LogP contribution is 2.34. The van der Waals surface area contributed by atoms with Gasteiger partial charge < -0.3 is 11.1 Å². The Morgan fingerprint density at radius 2 is 1.89 bits per heavy atom. The summed E-state index contributed by atoms with van der Waals surface area (Å²) in [7, 11) is 0. The van der Waals surface area contributed by atoms with Crippen molar-refractivity contribution >= 4 is 18.3 Å². The smallest absolute Gasteiger partial charge is 0.223 e. The van der Waals surface area contributed by atoms with Gasteiger partial charge in [-0.25, -0.2) is 0 Å². The normalized spacial score (nSPS) is 38.6. The van der Waals surface area contributed by atoms with E-state index in [2.05, 4.69) is 19.2 Å². The summed E-state index contributed by atoms with van der Waals surface area (Å²) in [6.45, 7) is 5.18. The molecule has 2 aliphatic carbocycles. The molecule has 0 aromatic rings. The van der Waals surface area contributed by atoms with E-state index in [4.69, 9.17) is 5.73 Å². The van der Waals surface area contributed by atoms with Crippen LogP contribution in [0.15, 0.2) is 0 Å². The Bertz CT molecular complexity index is 301. The Labute approximate surface area is 123 Å². The molecule has 3 nitrogen and oxygen atoms in total. The average molecular weight is 289 g/mol. The van der Waals surface area contributed by atoms with Crippen LogP contribution in [0.1, 0.15) is 58.8 Å². The SMILES string of the molecule is CC1CCC(C)(NC(=O)[C@@H]2CCC[C@@H]2CN)CC1.Cl. The zero-order valence-electron chi connectivity index (χ0n) is 12.3. The Morgan fingerprint density at radius 3 is 2.47 bits per heavy atom. The fourth-order valence-corrected chi connectivity index (χ4v) is 3.58. The highest BCUT2D eigenvalue weighted by Gasteiger charge is 2.37. The van der Waals surface area contributed by atoms with Crippen molar-refractivity contribution in [3.63, 3.8) is 0 Å². The van der Waals surface area contributed by atoms with Gasteiger partial charge in [0.1, 0.15) is 0 Å². The lowest BCUT2D eigenvalue weighted by Crippen LogP contribution is -2.51. The predicted molar refractivity (Wildman–Crippen MR) is 81.3 cm³/mol. The first-order chi connectivity index (χ1) is 8.54. The highest BCUT2D eigenvalue weighted by atomic mass is 35.5. The summed E-state index contributed by atoms with van der Waals surface area (Å²) in [5.74, 6) is 1.67. The van der Waals surface area contributed by atoms with Crippen LogP contribution in [0.5, 0.6) is 0 Å². The van der Waals surface area contributed by atoms with Crippen molar-refractivity contribution < 1.29 is 4.79 Å². The lowest BCUT2D eigenvalue weighted by Gasteiger charge is -2.38. The first-order valence-corrected chi connectivity index (χ1v) is 7.56. The number of hydrogen-bond acceptors (Lipinski definition) is 2. The third kappa shape index (κ3) is 4.09. The van der Waals surface area contributed by atoms with Gasteiger partial charge in [-0.1, -0.05) is 13.3 Å². The van der Waals surface area contributed by atoms with Gasteiger partial charge in [-0.15, -0.1) is 12.4 Å². The number of amides is 1. The lowest BCUT2D eigenvalue weighted by molar-refractivity contribution is -0.128. The van der Waals surface area contributed by atoms with Gasteiger partial charge in [0.2, 0.25) is 5.91 Å². The van der Waals surface area contributed by atoms with E-state index >= 15 is 0 Å². The zero-order valence-corrected chi connectivity index (χ0v) is 13.1. The highest BCUT2D eigenvalue weighted by molar-refractivity contribution is 5.85. The first kappa shape index (κ1) is 16.8. The second-order valence-corrected chi connectivity index (χ2v) is 6.77. The molecule has 2 rings (SSSR count). The number of carbonyl (C=O) groups is 1. The Kier molecular flexibility index (Phi) is 6.13. The van der Waals surface area contributed by atoms with Crippen molar-refractivity contribution in [3.05, 3.63) is 0 Å². The van der Waals surface area contributed by atoms with Crippen molar-refractivity contribution in [2.24, 2.45) is 23.5 Å². The van der Waals surface area contributed by atoms with Gasteiger partial charge in [0.25, 0.3) is 0 Å². The molecule has 0 aliphatic heterocycles. The fourth-order valence-electron chi connectivity index (χ4n) is 3.58. The van der Waals surface area contributed by atoms with E-state index in [0.29, 0.717) is 12.5 Å². The topological polar surface area (TPSA) is 55.1 Å². The van der Waals surface area contributed by atoms with E-state index in [0.717, 1.165) is 38.0 Å². The van der Waals surface area contributed by atoms with Crippen LogP contribution in [-0.4, -0.2) is 18.0 Å². The molecule has 0 radical (unpaired) electrons. The Balaban J connectivity index is 0.00000180. The molecular weight excluding hydrogens is 260 g/mol. The molecule has 4 heteroatoms. The van der Waals surface area contributed by atoms with Crippen LogP contribution >= 0.6 is 12.4 Å². The molecule has 2 fully saturated rings. The van der Waals surface area contributed by atoms with Crippen molar-refractivity contribution in [2.45, 2.75) is 64.3 Å². The molecule has 0 aromatic carbocycles. The molecule has 19 heavy (non-hydrogen) atoms. The average Bonchev–Trinajstić information content (AvgIpc) is 2.81. The van der Waals surface area contributed by atoms with Crippen LogP contribution in [0.4, 0.5) is 0 Å². The van der Waals surface area contributed by atoms with Crippen LogP contribution in [0.2, 0.25) is 0 Å². The quantitative estimate of drug-likeness (QED) is 0.839. The molecule has 1 amide bonds. The lowest BCUT2D eigenvalue weighted by atomic mass is 9.78. The van der Waals surface area contributed by atoms with Crippen LogP contribution in [-0.2, 0) is 4.79 Å². The van der Waals surface area contributed by atoms with Gasteiger partial charge in [-0.2, -0.15) is 0 Å². The second-order valence-electron chi connectivity index (χ2n) is 6.77. The number of hydrogen-bond donors (Lipinski definition) is 2. The molecule has 0 heterocycles. The molecule has 0 saturated heterocycles. The number of rotatable bonds is 3. The molecule has 0 spiro atoms. The van der Waals surface area contributed by atoms with E-state index < -0.39 is 0 Å². The maximum Gasteiger partial charge on any atom is 0.223 e. The fraction of sp³-hybridized carbons (Fsp3) is 0.933. The molecule has 2 saturated carbocycles. The van der Waals surface area contributed by atoms with E-state index in [1.807, 2.05) is 0 Å². The summed E-state index contributed by atoms with van der Waals surface area (Å²) in [4.78, 5) is 12.4. The van der Waals surface area contributed by atoms with Crippen molar-refractivity contribution in [3.8, 4) is 0 Å². The predicted octanol–water partition coefficient (Wildman–Crippen LogP) is 2.87. The molecule has 3 N–H and O–H groups in total. The van der Waals surface area contributed by atoms with Crippen molar-refractivity contribution in [1.29, 1.82) is 0 Å². The van der Waals surface area contributed by atoms with Gasteiger partial charge in [0.05, 0.1) is 0 Å². The molecule has 0 unspecified atom stereocenters. The first-order valence-electron chi connectivity index (χ1n) is 7.56. The van der Waals surface area contributed by atoms with Gasteiger partial charge >= 0.3 is 0 Å². The summed E-state index contributed by atoms with van der Waals surface area (Å²) in [6, 6.07) is 0. The van der Waals surface area contributed by atoms with Crippen LogP contribution < -0.4 is 11.1 Å². The summed E-state index contributed by atoms with van der Waals surface area (Å²) < 4.78 is 0. The van der Waals surface area contributed by atoms with Crippen LogP contribution in [0.25, 0.3) is 0 Å². The van der Waals surface area contributed by atoms with Gasteiger partial charge in [0, 0.05) is 11.5 Å². The van der Waals surface area contributed by atoms with E-state index in [1.165, 1.54) is 12.8 Å². The summed E-state index contributed by atoms with van der Waals surface area (Å²) in [5.41, 5.74) is 5.80. The molecular formula is C15H29ClN2O. The number of nitrogens with one attached hydrogen (secondary N) is 1. The van der Waals surface area contributed by atoms with Gasteiger partial charge in [-0.3, -0.25) is 4.79 Å². The van der Waals surface area contributed by atoms with Gasteiger partial charge in [-0.05, 0) is 63.8 Å². The van der Waals surface area contributed by atoms with E-state index in [-0.39, 0.29) is 29.8 Å². The maximum atomic E-state index is 12.4. The van der Waals surface area contributed by atoms with Crippen molar-refractivity contribution in [2.75, 3.05) is 6.54 Å². The maximum absolute atomic E-state index is 12.4. The molecule has 0 bridgehead atoms. The number of carbonyl (C=O) groups excluding carboxylic acids is 1. The molecule has 0 aromatic heterocycles. The number of halogens is 1. The monoisotopic (exact) mass is 288 g/mol. The van der Waals surface area contributed by atoms with E-state index in [1.54, 1.807) is 0 Å². The minimum absolute atomic E-state index is 0. The van der Waals surface area contributed by atoms with Gasteiger partial charge in [0.15, 0.2) is 0 Å². The Morgan fingerprint density at radius 1 is 1.26 bits per heavy atom. The van der Waals surface area contributed by atoms with Crippen LogP contribution in [0, 0.1) is 17.8 Å². The minimum Gasteiger partial charge on any atom is -0.351 e. The summed E-state index contributed by atoms with van der Waals surface area (Å²) >= 11 is 0. The molecule has 2 aliphatic rings. The third-order valence-corrected chi connectivity index (χ3v) is 5.10. The van der Waals surface area contributed by atoms with Crippen molar-refractivity contribution in [1.82, 2.24) is 5.32 Å². The van der Waals surface area contributed by atoms with Crippen LogP contribution in [0.3, 0.4) is 0 Å². The summed E-state index contributed by atoms with van der Waals surface area (Å²) in [5, 5.41) is 3.33. The molecule has 2 atom stereocenters. The second kappa shape index (κ2) is 6.94. The largest absolute Gasteiger partial charge is 0.351 e. The summed E-state index contributed by atoms with van der Waals surface area (Å²) in [6.07, 6.45) is 8.04. The Hall–Kier alpha value is -0.280. The zero-order chi connectivity index (χ0) is 13.2. The van der Waals surface area contributed by atoms with E-state index in [9.17, 15) is 4.79 Å².